The monoisotopic (exact) mass is 555 g/mol. The van der Waals surface area contributed by atoms with Gasteiger partial charge in [-0.2, -0.15) is 0 Å². The molecule has 1 aromatic carbocycles. The summed E-state index contributed by atoms with van der Waals surface area (Å²) < 4.78 is 16.3. The van der Waals surface area contributed by atoms with Crippen molar-refractivity contribution in [2.75, 3.05) is 13.6 Å². The van der Waals surface area contributed by atoms with Gasteiger partial charge < -0.3 is 15.1 Å². The second-order valence-corrected chi connectivity index (χ2v) is 13.4. The highest BCUT2D eigenvalue weighted by Crippen LogP contribution is 2.66. The molecule has 0 radical (unpaired) electrons. The molecule has 0 aliphatic heterocycles. The Labute approximate surface area is 242 Å². The van der Waals surface area contributed by atoms with E-state index in [0.717, 1.165) is 75.5 Å². The number of rotatable bonds is 14. The third-order valence-electron chi connectivity index (χ3n) is 10.9. The van der Waals surface area contributed by atoms with Gasteiger partial charge in [0, 0.05) is 20.0 Å². The molecule has 5 heteroatoms. The van der Waals surface area contributed by atoms with E-state index < -0.39 is 12.3 Å². The lowest BCUT2D eigenvalue weighted by Gasteiger charge is -2.53. The molecule has 1 amide bonds. The zero-order valence-corrected chi connectivity index (χ0v) is 25.3. The van der Waals surface area contributed by atoms with Crippen molar-refractivity contribution in [3.05, 3.63) is 41.5 Å². The van der Waals surface area contributed by atoms with Crippen molar-refractivity contribution in [2.24, 2.45) is 23.2 Å². The second-order valence-electron chi connectivity index (χ2n) is 13.4. The number of aromatic hydroxyl groups is 1. The molecule has 0 aromatic heterocycles. The van der Waals surface area contributed by atoms with Gasteiger partial charge in [0.25, 0.3) is 0 Å². The molecule has 2 saturated carbocycles. The van der Waals surface area contributed by atoms with Crippen molar-refractivity contribution in [2.45, 2.75) is 128 Å². The molecule has 3 aliphatic carbocycles. The van der Waals surface area contributed by atoms with E-state index in [1.807, 2.05) is 18.0 Å². The van der Waals surface area contributed by atoms with Gasteiger partial charge in [-0.25, -0.2) is 4.39 Å². The highest BCUT2D eigenvalue weighted by atomic mass is 19.1. The summed E-state index contributed by atoms with van der Waals surface area (Å²) >= 11 is 0. The van der Waals surface area contributed by atoms with Crippen molar-refractivity contribution in [1.29, 1.82) is 0 Å². The molecule has 0 heterocycles. The molecule has 4 rings (SSSR count). The number of carbonyl (C=O) groups is 1. The minimum absolute atomic E-state index is 0.0741. The number of phenolic OH excluding ortho intramolecular Hbond substituents is 1. The number of alkyl halides is 1. The van der Waals surface area contributed by atoms with Gasteiger partial charge in [0.15, 0.2) is 0 Å². The van der Waals surface area contributed by atoms with Crippen LogP contribution < -0.4 is 0 Å². The maximum absolute atomic E-state index is 16.3. The largest absolute Gasteiger partial charge is 0.508 e. The van der Waals surface area contributed by atoms with E-state index in [4.69, 9.17) is 0 Å². The van der Waals surface area contributed by atoms with E-state index in [0.29, 0.717) is 24.3 Å². The third kappa shape index (κ3) is 6.61. The SMILES string of the molecule is C=C1[C@H](O)C[C@H]2[C@@H]3C(CCCCCCCCCCC(=O)N(C)CCCC)[C@@H](F)c4cc(O)ccc4[C@H]3CC[C@]12C. The Morgan fingerprint density at radius 2 is 1.75 bits per heavy atom. The van der Waals surface area contributed by atoms with Crippen LogP contribution in [0.1, 0.15) is 133 Å². The maximum Gasteiger partial charge on any atom is 0.222 e. The van der Waals surface area contributed by atoms with E-state index >= 15 is 4.39 Å². The number of benzene rings is 1. The summed E-state index contributed by atoms with van der Waals surface area (Å²) in [6.45, 7) is 9.55. The molecule has 7 atom stereocenters. The van der Waals surface area contributed by atoms with Crippen LogP contribution in [0.5, 0.6) is 5.75 Å². The number of halogens is 1. The molecule has 3 aliphatic rings. The first-order chi connectivity index (χ1) is 19.2. The number of aliphatic hydroxyl groups excluding tert-OH is 1. The summed E-state index contributed by atoms with van der Waals surface area (Å²) in [6, 6.07) is 5.33. The lowest BCUT2D eigenvalue weighted by Crippen LogP contribution is -2.45. The Bertz CT molecular complexity index is 1010. The Balaban J connectivity index is 1.25. The van der Waals surface area contributed by atoms with Crippen molar-refractivity contribution in [3.63, 3.8) is 0 Å². The molecule has 224 valence electrons. The van der Waals surface area contributed by atoms with E-state index in [1.165, 1.54) is 25.7 Å². The van der Waals surface area contributed by atoms with Gasteiger partial charge in [-0.3, -0.25) is 4.79 Å². The number of hydrogen-bond donors (Lipinski definition) is 2. The number of phenols is 1. The number of hydrogen-bond acceptors (Lipinski definition) is 3. The molecule has 0 saturated heterocycles. The normalized spacial score (nSPS) is 31.0. The van der Waals surface area contributed by atoms with Crippen LogP contribution in [0.4, 0.5) is 4.39 Å². The Kier molecular flexibility index (Phi) is 10.8. The van der Waals surface area contributed by atoms with Crippen LogP contribution in [0.15, 0.2) is 30.4 Å². The zero-order chi connectivity index (χ0) is 28.9. The summed E-state index contributed by atoms with van der Waals surface area (Å²) in [5.74, 6) is 1.12. The fourth-order valence-corrected chi connectivity index (χ4v) is 8.41. The number of carbonyl (C=O) groups excluding carboxylic acids is 1. The molecule has 1 aromatic rings. The molecule has 0 bridgehead atoms. The standard InChI is InChI=1S/C35H54FNO3/c1-5-6-21-37(4)32(40)16-14-12-10-8-7-9-11-13-15-28-33-27(26-18-17-25(38)22-29(26)34(28)36)19-20-35(3)24(2)31(39)23-30(33)35/h17-18,22,27-28,30-31,33-34,38-39H,2,5-16,19-21,23H2,1,3-4H3/t27-,28?,30+,31-,33+,34-,35-/m1/s1. The lowest BCUT2D eigenvalue weighted by atomic mass is 9.51. The van der Waals surface area contributed by atoms with Gasteiger partial charge in [-0.05, 0) is 96.4 Å². The van der Waals surface area contributed by atoms with Crippen LogP contribution >= 0.6 is 0 Å². The molecular formula is C35H54FNO3. The molecular weight excluding hydrogens is 501 g/mol. The minimum atomic E-state index is -1.07. The third-order valence-corrected chi connectivity index (χ3v) is 10.9. The highest BCUT2D eigenvalue weighted by molar-refractivity contribution is 5.75. The average Bonchev–Trinajstić information content (AvgIpc) is 3.17. The van der Waals surface area contributed by atoms with Crippen molar-refractivity contribution in [3.8, 4) is 5.75 Å². The van der Waals surface area contributed by atoms with Crippen molar-refractivity contribution in [1.82, 2.24) is 4.90 Å². The number of aliphatic hydroxyl groups is 1. The van der Waals surface area contributed by atoms with Gasteiger partial charge in [0.2, 0.25) is 5.91 Å². The quantitative estimate of drug-likeness (QED) is 0.178. The van der Waals surface area contributed by atoms with Gasteiger partial charge in [0.1, 0.15) is 11.9 Å². The fraction of sp³-hybridized carbons (Fsp3) is 0.743. The molecule has 2 fully saturated rings. The Morgan fingerprint density at radius 1 is 1.07 bits per heavy atom. The predicted molar refractivity (Wildman–Crippen MR) is 161 cm³/mol. The average molecular weight is 556 g/mol. The van der Waals surface area contributed by atoms with Crippen LogP contribution in [0, 0.1) is 23.2 Å². The molecule has 1 unspecified atom stereocenters. The highest BCUT2D eigenvalue weighted by Gasteiger charge is 2.58. The smallest absolute Gasteiger partial charge is 0.222 e. The topological polar surface area (TPSA) is 60.8 Å². The Morgan fingerprint density at radius 3 is 2.45 bits per heavy atom. The van der Waals surface area contributed by atoms with Crippen LogP contribution in [-0.2, 0) is 4.79 Å². The first-order valence-corrected chi connectivity index (χ1v) is 16.3. The van der Waals surface area contributed by atoms with Crippen LogP contribution in [0.25, 0.3) is 0 Å². The van der Waals surface area contributed by atoms with Crippen LogP contribution in [0.3, 0.4) is 0 Å². The summed E-state index contributed by atoms with van der Waals surface area (Å²) in [5, 5.41) is 20.9. The number of nitrogens with zero attached hydrogens (tertiary/aromatic N) is 1. The number of amides is 1. The number of unbranched alkanes of at least 4 members (excludes halogenated alkanes) is 8. The summed E-state index contributed by atoms with van der Waals surface area (Å²) in [4.78, 5) is 14.0. The Hall–Kier alpha value is -1.88. The maximum atomic E-state index is 16.3. The first kappa shape index (κ1) is 31.1. The molecule has 4 nitrogen and oxygen atoms in total. The van der Waals surface area contributed by atoms with Gasteiger partial charge >= 0.3 is 0 Å². The van der Waals surface area contributed by atoms with E-state index in [2.05, 4.69) is 20.4 Å². The van der Waals surface area contributed by atoms with E-state index in [-0.39, 0.29) is 34.8 Å². The zero-order valence-electron chi connectivity index (χ0n) is 25.3. The van der Waals surface area contributed by atoms with Crippen molar-refractivity contribution >= 4 is 5.91 Å². The van der Waals surface area contributed by atoms with Crippen molar-refractivity contribution < 1.29 is 19.4 Å². The predicted octanol–water partition coefficient (Wildman–Crippen LogP) is 8.63. The summed E-state index contributed by atoms with van der Waals surface area (Å²) in [6.07, 6.45) is 13.8. The van der Waals surface area contributed by atoms with E-state index in [9.17, 15) is 15.0 Å². The first-order valence-electron chi connectivity index (χ1n) is 16.3. The molecule has 2 N–H and O–H groups in total. The lowest BCUT2D eigenvalue weighted by molar-refractivity contribution is -0.130. The summed E-state index contributed by atoms with van der Waals surface area (Å²) in [7, 11) is 1.92. The second kappa shape index (κ2) is 13.9. The molecule has 40 heavy (non-hydrogen) atoms. The fourth-order valence-electron chi connectivity index (χ4n) is 8.41. The van der Waals surface area contributed by atoms with Gasteiger partial charge in [0.05, 0.1) is 6.10 Å². The summed E-state index contributed by atoms with van der Waals surface area (Å²) in [5.41, 5.74) is 2.62. The minimum Gasteiger partial charge on any atom is -0.508 e. The number of fused-ring (bicyclic) bond motifs is 5. The van der Waals surface area contributed by atoms with Gasteiger partial charge in [-0.1, -0.05) is 77.9 Å². The van der Waals surface area contributed by atoms with Gasteiger partial charge in [-0.15, -0.1) is 0 Å². The molecule has 0 spiro atoms. The van der Waals surface area contributed by atoms with E-state index in [1.54, 1.807) is 12.1 Å². The van der Waals surface area contributed by atoms with Crippen LogP contribution in [-0.4, -0.2) is 40.7 Å². The van der Waals surface area contributed by atoms with Crippen LogP contribution in [0.2, 0.25) is 0 Å².